The second kappa shape index (κ2) is 3.97. The van der Waals surface area contributed by atoms with Crippen molar-refractivity contribution in [1.29, 1.82) is 0 Å². The van der Waals surface area contributed by atoms with Gasteiger partial charge in [0.05, 0.1) is 0 Å². The van der Waals surface area contributed by atoms with Crippen LogP contribution in [0.1, 0.15) is 39.0 Å². The van der Waals surface area contributed by atoms with Crippen LogP contribution in [0.4, 0.5) is 0 Å². The predicted octanol–water partition coefficient (Wildman–Crippen LogP) is 1.84. The Morgan fingerprint density at radius 1 is 1.15 bits per heavy atom. The maximum Gasteiger partial charge on any atom is 0.107 e. The third-order valence-electron chi connectivity index (χ3n) is 3.74. The lowest BCUT2D eigenvalue weighted by molar-refractivity contribution is -0.00484. The van der Waals surface area contributed by atoms with Crippen molar-refractivity contribution in [2.45, 2.75) is 45.3 Å². The van der Waals surface area contributed by atoms with Gasteiger partial charge in [0.15, 0.2) is 0 Å². The summed E-state index contributed by atoms with van der Waals surface area (Å²) in [5.74, 6) is 1.75. The lowest BCUT2D eigenvalue weighted by Crippen LogP contribution is -2.37. The Morgan fingerprint density at radius 3 is 2.00 bits per heavy atom. The summed E-state index contributed by atoms with van der Waals surface area (Å²) in [5.41, 5.74) is 0. The van der Waals surface area contributed by atoms with Gasteiger partial charge in [-0.05, 0) is 43.9 Å². The molecule has 13 heavy (non-hydrogen) atoms. The van der Waals surface area contributed by atoms with Gasteiger partial charge in [0.1, 0.15) is 6.23 Å². The fourth-order valence-corrected chi connectivity index (χ4v) is 2.84. The highest BCUT2D eigenvalue weighted by Crippen LogP contribution is 2.34. The molecule has 2 aliphatic heterocycles. The van der Waals surface area contributed by atoms with Gasteiger partial charge in [-0.1, -0.05) is 6.92 Å². The van der Waals surface area contributed by atoms with E-state index in [4.69, 9.17) is 0 Å². The standard InChI is InChI=1S/C11H21NO/c1-2-11(13)12-7-9-3-4-10(8-12)6-5-9/h9-11,13H,2-8H2,1H3. The Bertz CT molecular complexity index is 149. The van der Waals surface area contributed by atoms with Crippen LogP contribution in [0.15, 0.2) is 0 Å². The second-order valence-corrected chi connectivity index (χ2v) is 4.73. The van der Waals surface area contributed by atoms with Crippen LogP contribution in [-0.4, -0.2) is 29.3 Å². The van der Waals surface area contributed by atoms with E-state index >= 15 is 0 Å². The van der Waals surface area contributed by atoms with Gasteiger partial charge in [-0.2, -0.15) is 0 Å². The minimum atomic E-state index is -0.179. The van der Waals surface area contributed by atoms with Crippen LogP contribution in [0.2, 0.25) is 0 Å². The van der Waals surface area contributed by atoms with Crippen LogP contribution in [0.5, 0.6) is 0 Å². The zero-order valence-electron chi connectivity index (χ0n) is 8.58. The minimum absolute atomic E-state index is 0.179. The molecule has 1 unspecified atom stereocenters. The van der Waals surface area contributed by atoms with Crippen molar-refractivity contribution >= 4 is 0 Å². The summed E-state index contributed by atoms with van der Waals surface area (Å²) in [5, 5.41) is 9.80. The van der Waals surface area contributed by atoms with E-state index < -0.39 is 0 Å². The van der Waals surface area contributed by atoms with Gasteiger partial charge >= 0.3 is 0 Å². The molecule has 3 aliphatic rings. The Hall–Kier alpha value is -0.0800. The average Bonchev–Trinajstić information content (AvgIpc) is 2.49. The minimum Gasteiger partial charge on any atom is -0.378 e. The van der Waals surface area contributed by atoms with Crippen LogP contribution in [0.3, 0.4) is 0 Å². The summed E-state index contributed by atoms with van der Waals surface area (Å²) in [7, 11) is 0. The molecule has 1 atom stereocenters. The molecule has 0 spiro atoms. The van der Waals surface area contributed by atoms with E-state index in [0.717, 1.165) is 31.3 Å². The summed E-state index contributed by atoms with van der Waals surface area (Å²) in [6, 6.07) is 0. The number of nitrogens with zero attached hydrogens (tertiary/aromatic N) is 1. The number of aliphatic hydroxyl groups is 1. The summed E-state index contributed by atoms with van der Waals surface area (Å²) >= 11 is 0. The SMILES string of the molecule is CCC(O)N1CC2CCC(CC2)C1. The van der Waals surface area contributed by atoms with E-state index in [1.165, 1.54) is 25.7 Å². The normalized spacial score (nSPS) is 37.4. The Balaban J connectivity index is 1.98. The molecule has 3 fully saturated rings. The maximum absolute atomic E-state index is 9.80. The quantitative estimate of drug-likeness (QED) is 0.706. The predicted molar refractivity (Wildman–Crippen MR) is 53.3 cm³/mol. The van der Waals surface area contributed by atoms with Gasteiger partial charge in [0.25, 0.3) is 0 Å². The van der Waals surface area contributed by atoms with Gasteiger partial charge in [-0.25, -0.2) is 0 Å². The molecular formula is C11H21NO. The van der Waals surface area contributed by atoms with Crippen LogP contribution < -0.4 is 0 Å². The second-order valence-electron chi connectivity index (χ2n) is 4.73. The van der Waals surface area contributed by atoms with E-state index in [0.29, 0.717) is 0 Å². The van der Waals surface area contributed by atoms with Gasteiger partial charge in [0.2, 0.25) is 0 Å². The van der Waals surface area contributed by atoms with Crippen molar-refractivity contribution in [3.8, 4) is 0 Å². The van der Waals surface area contributed by atoms with E-state index in [-0.39, 0.29) is 6.23 Å². The molecule has 1 saturated carbocycles. The monoisotopic (exact) mass is 183 g/mol. The van der Waals surface area contributed by atoms with E-state index in [2.05, 4.69) is 11.8 Å². The first-order valence-corrected chi connectivity index (χ1v) is 5.71. The Morgan fingerprint density at radius 2 is 1.62 bits per heavy atom. The molecular weight excluding hydrogens is 162 g/mol. The Kier molecular flexibility index (Phi) is 2.89. The molecule has 1 aliphatic carbocycles. The molecule has 0 aromatic rings. The summed E-state index contributed by atoms with van der Waals surface area (Å²) < 4.78 is 0. The average molecular weight is 183 g/mol. The van der Waals surface area contributed by atoms with Crippen LogP contribution >= 0.6 is 0 Å². The summed E-state index contributed by atoms with van der Waals surface area (Å²) in [4.78, 5) is 2.30. The van der Waals surface area contributed by atoms with Crippen molar-refractivity contribution in [2.75, 3.05) is 13.1 Å². The summed E-state index contributed by atoms with van der Waals surface area (Å²) in [6.07, 6.45) is 6.30. The first-order chi connectivity index (χ1) is 6.29. The third-order valence-corrected chi connectivity index (χ3v) is 3.74. The van der Waals surface area contributed by atoms with Crippen LogP contribution in [0, 0.1) is 11.8 Å². The zero-order chi connectivity index (χ0) is 9.26. The third kappa shape index (κ3) is 2.05. The summed E-state index contributed by atoms with van der Waals surface area (Å²) in [6.45, 7) is 4.36. The van der Waals surface area contributed by atoms with Gasteiger partial charge in [-0.3, -0.25) is 4.90 Å². The molecule has 1 N–H and O–H groups in total. The van der Waals surface area contributed by atoms with Gasteiger partial charge < -0.3 is 5.11 Å². The lowest BCUT2D eigenvalue weighted by Gasteiger charge is -2.27. The molecule has 2 saturated heterocycles. The van der Waals surface area contributed by atoms with E-state index in [1.54, 1.807) is 0 Å². The fourth-order valence-electron chi connectivity index (χ4n) is 2.84. The van der Waals surface area contributed by atoms with Crippen molar-refractivity contribution < 1.29 is 5.11 Å². The topological polar surface area (TPSA) is 23.5 Å². The molecule has 0 aromatic heterocycles. The highest BCUT2D eigenvalue weighted by Gasteiger charge is 2.31. The molecule has 0 radical (unpaired) electrons. The molecule has 0 amide bonds. The van der Waals surface area contributed by atoms with Gasteiger partial charge in [-0.15, -0.1) is 0 Å². The lowest BCUT2D eigenvalue weighted by atomic mass is 9.84. The van der Waals surface area contributed by atoms with Crippen LogP contribution in [-0.2, 0) is 0 Å². The van der Waals surface area contributed by atoms with Crippen LogP contribution in [0.25, 0.3) is 0 Å². The molecule has 2 heterocycles. The molecule has 2 bridgehead atoms. The van der Waals surface area contributed by atoms with Crippen molar-refractivity contribution in [3.05, 3.63) is 0 Å². The van der Waals surface area contributed by atoms with Crippen molar-refractivity contribution in [1.82, 2.24) is 4.90 Å². The van der Waals surface area contributed by atoms with Gasteiger partial charge in [0, 0.05) is 13.1 Å². The van der Waals surface area contributed by atoms with E-state index in [9.17, 15) is 5.11 Å². The van der Waals surface area contributed by atoms with Crippen molar-refractivity contribution in [2.24, 2.45) is 11.8 Å². The zero-order valence-corrected chi connectivity index (χ0v) is 8.58. The molecule has 76 valence electrons. The number of rotatable bonds is 2. The Labute approximate surface area is 80.9 Å². The first kappa shape index (κ1) is 9.47. The smallest absolute Gasteiger partial charge is 0.107 e. The largest absolute Gasteiger partial charge is 0.378 e. The number of hydrogen-bond acceptors (Lipinski definition) is 2. The molecule has 2 heteroatoms. The molecule has 2 nitrogen and oxygen atoms in total. The highest BCUT2D eigenvalue weighted by molar-refractivity contribution is 4.82. The fraction of sp³-hybridized carbons (Fsp3) is 1.00. The molecule has 0 aromatic carbocycles. The van der Waals surface area contributed by atoms with E-state index in [1.807, 2.05) is 0 Å². The number of hydrogen-bond donors (Lipinski definition) is 1. The number of fused-ring (bicyclic) bond motifs is 4. The number of aliphatic hydroxyl groups excluding tert-OH is 1. The highest BCUT2D eigenvalue weighted by atomic mass is 16.3. The van der Waals surface area contributed by atoms with Crippen molar-refractivity contribution in [3.63, 3.8) is 0 Å². The maximum atomic E-state index is 9.80. The first-order valence-electron chi connectivity index (χ1n) is 5.71. The molecule has 3 rings (SSSR count).